The van der Waals surface area contributed by atoms with Crippen LogP contribution in [0, 0.1) is 17.2 Å². The summed E-state index contributed by atoms with van der Waals surface area (Å²) >= 11 is 0. The van der Waals surface area contributed by atoms with Crippen LogP contribution in [0.25, 0.3) is 0 Å². The first kappa shape index (κ1) is 15.9. The number of hydrogen-bond donors (Lipinski definition) is 1. The molecule has 0 atom stereocenters. The van der Waals surface area contributed by atoms with Crippen molar-refractivity contribution >= 4 is 17.4 Å². The fourth-order valence-electron chi connectivity index (χ4n) is 2.68. The van der Waals surface area contributed by atoms with Gasteiger partial charge in [-0.05, 0) is 55.2 Å². The first-order chi connectivity index (χ1) is 11.7. The fraction of sp³-hybridized carbons (Fsp3) is 0.333. The molecule has 1 aromatic heterocycles. The van der Waals surface area contributed by atoms with Gasteiger partial charge in [0.05, 0.1) is 11.6 Å². The molecule has 0 saturated carbocycles. The number of benzene rings is 1. The van der Waals surface area contributed by atoms with Gasteiger partial charge in [0.15, 0.2) is 11.5 Å². The number of anilines is 2. The third kappa shape index (κ3) is 3.69. The molecular formula is C18H19N5O. The second-order valence-electron chi connectivity index (χ2n) is 6.09. The van der Waals surface area contributed by atoms with Crippen LogP contribution in [0.2, 0.25) is 0 Å². The van der Waals surface area contributed by atoms with Crippen LogP contribution in [0.4, 0.5) is 11.5 Å². The second kappa shape index (κ2) is 7.09. The van der Waals surface area contributed by atoms with Crippen molar-refractivity contribution in [1.29, 1.82) is 5.26 Å². The van der Waals surface area contributed by atoms with Crippen molar-refractivity contribution in [3.05, 3.63) is 47.7 Å². The van der Waals surface area contributed by atoms with E-state index in [4.69, 9.17) is 5.26 Å². The van der Waals surface area contributed by atoms with E-state index in [1.807, 2.05) is 12.1 Å². The van der Waals surface area contributed by atoms with Gasteiger partial charge in [-0.25, -0.2) is 0 Å². The van der Waals surface area contributed by atoms with E-state index in [2.05, 4.69) is 27.3 Å². The molecule has 3 rings (SSSR count). The van der Waals surface area contributed by atoms with Crippen LogP contribution in [0.3, 0.4) is 0 Å². The zero-order valence-electron chi connectivity index (χ0n) is 13.6. The highest BCUT2D eigenvalue weighted by Crippen LogP contribution is 2.20. The van der Waals surface area contributed by atoms with Gasteiger partial charge in [0.25, 0.3) is 5.91 Å². The Morgan fingerprint density at radius 3 is 2.46 bits per heavy atom. The van der Waals surface area contributed by atoms with Crippen molar-refractivity contribution in [1.82, 2.24) is 10.2 Å². The number of rotatable bonds is 3. The number of carbonyl (C=O) groups excluding carboxylic acids is 1. The molecule has 1 saturated heterocycles. The Morgan fingerprint density at radius 2 is 1.88 bits per heavy atom. The lowest BCUT2D eigenvalue weighted by Crippen LogP contribution is -2.33. The number of nitrogens with one attached hydrogen (secondary N) is 1. The van der Waals surface area contributed by atoms with E-state index < -0.39 is 0 Å². The highest BCUT2D eigenvalue weighted by molar-refractivity contribution is 6.02. The molecule has 0 aliphatic carbocycles. The van der Waals surface area contributed by atoms with Crippen molar-refractivity contribution < 1.29 is 4.79 Å². The normalized spacial score (nSPS) is 14.9. The summed E-state index contributed by atoms with van der Waals surface area (Å²) in [6.45, 7) is 4.22. The molecule has 2 aromatic rings. The predicted molar refractivity (Wildman–Crippen MR) is 91.8 cm³/mol. The molecule has 1 N–H and O–H groups in total. The summed E-state index contributed by atoms with van der Waals surface area (Å²) in [5.41, 5.74) is 1.44. The average Bonchev–Trinajstić information content (AvgIpc) is 2.63. The lowest BCUT2D eigenvalue weighted by molar-refractivity contribution is 0.102. The van der Waals surface area contributed by atoms with Gasteiger partial charge in [0.2, 0.25) is 0 Å². The summed E-state index contributed by atoms with van der Waals surface area (Å²) in [6, 6.07) is 12.3. The minimum atomic E-state index is -0.314. The summed E-state index contributed by atoms with van der Waals surface area (Å²) in [7, 11) is 0. The van der Waals surface area contributed by atoms with Gasteiger partial charge in [-0.2, -0.15) is 5.26 Å². The van der Waals surface area contributed by atoms with Crippen molar-refractivity contribution in [2.45, 2.75) is 19.8 Å². The number of carbonyl (C=O) groups is 1. The molecular weight excluding hydrogens is 302 g/mol. The van der Waals surface area contributed by atoms with Crippen LogP contribution in [0.5, 0.6) is 0 Å². The van der Waals surface area contributed by atoms with Gasteiger partial charge in [0.1, 0.15) is 0 Å². The summed E-state index contributed by atoms with van der Waals surface area (Å²) < 4.78 is 0. The van der Waals surface area contributed by atoms with Gasteiger partial charge >= 0.3 is 0 Å². The Hall–Kier alpha value is -2.94. The van der Waals surface area contributed by atoms with Crippen LogP contribution < -0.4 is 10.2 Å². The van der Waals surface area contributed by atoms with Crippen LogP contribution in [0.1, 0.15) is 35.8 Å². The Labute approximate surface area is 141 Å². The molecule has 1 aliphatic heterocycles. The molecule has 1 amide bonds. The first-order valence-corrected chi connectivity index (χ1v) is 8.06. The quantitative estimate of drug-likeness (QED) is 0.940. The molecule has 0 radical (unpaired) electrons. The van der Waals surface area contributed by atoms with Crippen LogP contribution in [-0.4, -0.2) is 29.2 Å². The zero-order chi connectivity index (χ0) is 16.9. The highest BCUT2D eigenvalue weighted by atomic mass is 16.1. The predicted octanol–water partition coefficient (Wildman–Crippen LogP) is 2.84. The van der Waals surface area contributed by atoms with E-state index in [0.29, 0.717) is 11.3 Å². The van der Waals surface area contributed by atoms with Gasteiger partial charge < -0.3 is 10.2 Å². The number of nitriles is 1. The summed E-state index contributed by atoms with van der Waals surface area (Å²) in [4.78, 5) is 14.4. The summed E-state index contributed by atoms with van der Waals surface area (Å²) in [5.74, 6) is 1.26. The Bertz CT molecular complexity index is 740. The lowest BCUT2D eigenvalue weighted by atomic mass is 9.99. The lowest BCUT2D eigenvalue weighted by Gasteiger charge is -2.30. The minimum Gasteiger partial charge on any atom is -0.355 e. The van der Waals surface area contributed by atoms with Crippen LogP contribution >= 0.6 is 0 Å². The summed E-state index contributed by atoms with van der Waals surface area (Å²) in [6.07, 6.45) is 2.31. The third-order valence-corrected chi connectivity index (χ3v) is 4.26. The van der Waals surface area contributed by atoms with Crippen molar-refractivity contribution in [2.24, 2.45) is 5.92 Å². The van der Waals surface area contributed by atoms with Crippen molar-refractivity contribution in [3.63, 3.8) is 0 Å². The van der Waals surface area contributed by atoms with Gasteiger partial charge in [-0.15, -0.1) is 10.2 Å². The molecule has 1 aliphatic rings. The molecule has 24 heavy (non-hydrogen) atoms. The molecule has 0 spiro atoms. The number of piperidine rings is 1. The molecule has 1 fully saturated rings. The molecule has 0 bridgehead atoms. The minimum absolute atomic E-state index is 0.272. The maximum atomic E-state index is 12.2. The van der Waals surface area contributed by atoms with Crippen molar-refractivity contribution in [2.75, 3.05) is 23.3 Å². The third-order valence-electron chi connectivity index (χ3n) is 4.26. The maximum Gasteiger partial charge on any atom is 0.276 e. The second-order valence-corrected chi connectivity index (χ2v) is 6.09. The summed E-state index contributed by atoms with van der Waals surface area (Å²) in [5, 5.41) is 19.8. The first-order valence-electron chi connectivity index (χ1n) is 8.06. The number of hydrogen-bond acceptors (Lipinski definition) is 5. The Kier molecular flexibility index (Phi) is 4.71. The Balaban J connectivity index is 1.64. The number of amides is 1. The van der Waals surface area contributed by atoms with E-state index >= 15 is 0 Å². The zero-order valence-corrected chi connectivity index (χ0v) is 13.6. The van der Waals surface area contributed by atoms with Gasteiger partial charge in [0, 0.05) is 18.8 Å². The Morgan fingerprint density at radius 1 is 1.17 bits per heavy atom. The molecule has 2 heterocycles. The van der Waals surface area contributed by atoms with E-state index in [1.165, 1.54) is 0 Å². The molecule has 6 nitrogen and oxygen atoms in total. The topological polar surface area (TPSA) is 81.9 Å². The van der Waals surface area contributed by atoms with E-state index in [1.54, 1.807) is 30.3 Å². The van der Waals surface area contributed by atoms with Crippen LogP contribution in [0.15, 0.2) is 36.4 Å². The highest BCUT2D eigenvalue weighted by Gasteiger charge is 2.18. The molecule has 0 unspecified atom stereocenters. The molecule has 122 valence electrons. The fourth-order valence-corrected chi connectivity index (χ4v) is 2.68. The standard InChI is InChI=1S/C18H19N5O/c1-13-8-10-23(11-9-13)17-7-6-16(21-22-17)18(24)20-15-4-2-14(12-19)3-5-15/h2-7,13H,8-11H2,1H3,(H,20,24). The van der Waals surface area contributed by atoms with Gasteiger partial charge in [-0.3, -0.25) is 4.79 Å². The number of aromatic nitrogens is 2. The van der Waals surface area contributed by atoms with Gasteiger partial charge in [-0.1, -0.05) is 6.92 Å². The smallest absolute Gasteiger partial charge is 0.276 e. The van der Waals surface area contributed by atoms with E-state index in [9.17, 15) is 4.79 Å². The SMILES string of the molecule is CC1CCN(c2ccc(C(=O)Nc3ccc(C#N)cc3)nn2)CC1. The molecule has 6 heteroatoms. The van der Waals surface area contributed by atoms with E-state index in [0.717, 1.165) is 37.7 Å². The maximum absolute atomic E-state index is 12.2. The van der Waals surface area contributed by atoms with Crippen molar-refractivity contribution in [3.8, 4) is 6.07 Å². The van der Waals surface area contributed by atoms with E-state index in [-0.39, 0.29) is 11.6 Å². The number of nitrogens with zero attached hydrogens (tertiary/aromatic N) is 4. The average molecular weight is 321 g/mol. The largest absolute Gasteiger partial charge is 0.355 e. The van der Waals surface area contributed by atoms with Crippen LogP contribution in [-0.2, 0) is 0 Å². The molecule has 1 aromatic carbocycles. The monoisotopic (exact) mass is 321 g/mol.